The van der Waals surface area contributed by atoms with Crippen molar-refractivity contribution in [1.82, 2.24) is 4.98 Å². The standard InChI is InChI=1S/C15H19N3O/c1-4-19-9-10(2)17-14-11(3)12-7-5-6-8-13(12)18-15(14)16/h5-8H,4,9H2,1-3H3,(H2,16,18). The highest BCUT2D eigenvalue weighted by Crippen LogP contribution is 2.31. The lowest BCUT2D eigenvalue weighted by Crippen LogP contribution is -2.05. The predicted molar refractivity (Wildman–Crippen MR) is 80.2 cm³/mol. The molecule has 0 unspecified atom stereocenters. The number of anilines is 1. The van der Waals surface area contributed by atoms with E-state index in [1.165, 1.54) is 0 Å². The Morgan fingerprint density at radius 1 is 1.37 bits per heavy atom. The summed E-state index contributed by atoms with van der Waals surface area (Å²) in [5.41, 5.74) is 9.60. The first-order chi connectivity index (χ1) is 9.13. The number of fused-ring (bicyclic) bond motifs is 1. The largest absolute Gasteiger partial charge is 0.382 e. The van der Waals surface area contributed by atoms with Crippen molar-refractivity contribution < 1.29 is 4.74 Å². The number of aliphatic imine (C=N–C) groups is 1. The summed E-state index contributed by atoms with van der Waals surface area (Å²) in [6, 6.07) is 7.94. The number of nitrogen functional groups attached to an aromatic ring is 1. The van der Waals surface area contributed by atoms with E-state index in [0.29, 0.717) is 19.0 Å². The number of para-hydroxylation sites is 1. The Bertz CT molecular complexity index is 620. The topological polar surface area (TPSA) is 60.5 Å². The van der Waals surface area contributed by atoms with Gasteiger partial charge in [-0.2, -0.15) is 0 Å². The molecule has 1 aromatic carbocycles. The van der Waals surface area contributed by atoms with Gasteiger partial charge in [-0.1, -0.05) is 18.2 Å². The quantitative estimate of drug-likeness (QED) is 0.855. The zero-order valence-corrected chi connectivity index (χ0v) is 11.6. The first kappa shape index (κ1) is 13.5. The molecule has 0 amide bonds. The van der Waals surface area contributed by atoms with Crippen molar-refractivity contribution >= 4 is 28.1 Å². The van der Waals surface area contributed by atoms with Crippen LogP contribution < -0.4 is 5.73 Å². The van der Waals surface area contributed by atoms with Crippen molar-refractivity contribution in [2.75, 3.05) is 18.9 Å². The molecule has 4 nitrogen and oxygen atoms in total. The summed E-state index contributed by atoms with van der Waals surface area (Å²) in [6.07, 6.45) is 0. The number of nitrogens with two attached hydrogens (primary N) is 1. The molecule has 0 radical (unpaired) electrons. The second kappa shape index (κ2) is 5.80. The number of benzene rings is 1. The molecule has 0 bridgehead atoms. The smallest absolute Gasteiger partial charge is 0.150 e. The average molecular weight is 257 g/mol. The van der Waals surface area contributed by atoms with Crippen LogP contribution in [0.5, 0.6) is 0 Å². The van der Waals surface area contributed by atoms with Gasteiger partial charge in [0.2, 0.25) is 0 Å². The van der Waals surface area contributed by atoms with Crippen molar-refractivity contribution in [3.63, 3.8) is 0 Å². The maximum absolute atomic E-state index is 6.01. The van der Waals surface area contributed by atoms with E-state index in [-0.39, 0.29) is 0 Å². The monoisotopic (exact) mass is 257 g/mol. The van der Waals surface area contributed by atoms with Gasteiger partial charge in [-0.3, -0.25) is 4.99 Å². The van der Waals surface area contributed by atoms with E-state index < -0.39 is 0 Å². The van der Waals surface area contributed by atoms with Crippen molar-refractivity contribution in [2.24, 2.45) is 4.99 Å². The van der Waals surface area contributed by atoms with Gasteiger partial charge in [0.25, 0.3) is 0 Å². The van der Waals surface area contributed by atoms with E-state index in [0.717, 1.165) is 27.9 Å². The van der Waals surface area contributed by atoms with Gasteiger partial charge in [0.1, 0.15) is 11.5 Å². The minimum atomic E-state index is 0.465. The fourth-order valence-corrected chi connectivity index (χ4v) is 2.00. The SMILES string of the molecule is CCOCC(C)=Nc1c(N)nc2ccccc2c1C. The van der Waals surface area contributed by atoms with Gasteiger partial charge in [0.15, 0.2) is 0 Å². The van der Waals surface area contributed by atoms with Crippen molar-refractivity contribution in [2.45, 2.75) is 20.8 Å². The molecule has 0 aliphatic rings. The third-order valence-corrected chi connectivity index (χ3v) is 2.96. The van der Waals surface area contributed by atoms with Crippen LogP contribution in [0, 0.1) is 6.92 Å². The van der Waals surface area contributed by atoms with E-state index in [9.17, 15) is 0 Å². The lowest BCUT2D eigenvalue weighted by molar-refractivity contribution is 0.187. The number of nitrogens with zero attached hydrogens (tertiary/aromatic N) is 2. The molecule has 1 aromatic heterocycles. The Hall–Kier alpha value is -1.94. The van der Waals surface area contributed by atoms with Crippen molar-refractivity contribution in [1.29, 1.82) is 0 Å². The lowest BCUT2D eigenvalue weighted by Gasteiger charge is -2.09. The van der Waals surface area contributed by atoms with Crippen LogP contribution in [0.2, 0.25) is 0 Å². The highest BCUT2D eigenvalue weighted by molar-refractivity contribution is 5.93. The molecule has 2 rings (SSSR count). The molecule has 0 atom stereocenters. The first-order valence-corrected chi connectivity index (χ1v) is 6.40. The number of pyridine rings is 1. The normalized spacial score (nSPS) is 12.1. The van der Waals surface area contributed by atoms with E-state index in [1.807, 2.05) is 45.0 Å². The number of ether oxygens (including phenoxy) is 1. The van der Waals surface area contributed by atoms with Crippen molar-refractivity contribution in [3.05, 3.63) is 29.8 Å². The summed E-state index contributed by atoms with van der Waals surface area (Å²) >= 11 is 0. The molecule has 0 saturated heterocycles. The Morgan fingerprint density at radius 2 is 2.11 bits per heavy atom. The minimum absolute atomic E-state index is 0.465. The molecule has 0 aliphatic carbocycles. The van der Waals surface area contributed by atoms with Gasteiger partial charge in [0, 0.05) is 17.7 Å². The lowest BCUT2D eigenvalue weighted by atomic mass is 10.1. The summed E-state index contributed by atoms with van der Waals surface area (Å²) in [4.78, 5) is 8.95. The van der Waals surface area contributed by atoms with Gasteiger partial charge in [-0.05, 0) is 32.4 Å². The number of rotatable bonds is 4. The van der Waals surface area contributed by atoms with Crippen LogP contribution in [-0.2, 0) is 4.74 Å². The molecular formula is C15H19N3O. The Balaban J connectivity index is 2.48. The van der Waals surface area contributed by atoms with Gasteiger partial charge in [-0.15, -0.1) is 0 Å². The molecule has 0 fully saturated rings. The highest BCUT2D eigenvalue weighted by Gasteiger charge is 2.09. The molecular weight excluding hydrogens is 238 g/mol. The Labute approximate surface area is 113 Å². The third-order valence-electron chi connectivity index (χ3n) is 2.96. The molecule has 0 saturated carbocycles. The Morgan fingerprint density at radius 3 is 2.84 bits per heavy atom. The molecule has 1 heterocycles. The van der Waals surface area contributed by atoms with Crippen LogP contribution in [0.15, 0.2) is 29.3 Å². The fourth-order valence-electron chi connectivity index (χ4n) is 2.00. The molecule has 0 spiro atoms. The Kier molecular flexibility index (Phi) is 4.12. The first-order valence-electron chi connectivity index (χ1n) is 6.40. The van der Waals surface area contributed by atoms with E-state index >= 15 is 0 Å². The molecule has 19 heavy (non-hydrogen) atoms. The predicted octanol–water partition coefficient (Wildman–Crippen LogP) is 3.25. The summed E-state index contributed by atoms with van der Waals surface area (Å²) in [5.74, 6) is 0.465. The van der Waals surface area contributed by atoms with E-state index in [2.05, 4.69) is 9.98 Å². The highest BCUT2D eigenvalue weighted by atomic mass is 16.5. The van der Waals surface area contributed by atoms with Gasteiger partial charge < -0.3 is 10.5 Å². The second-order valence-corrected chi connectivity index (χ2v) is 4.47. The zero-order chi connectivity index (χ0) is 13.8. The molecule has 2 aromatic rings. The van der Waals surface area contributed by atoms with Crippen LogP contribution in [0.25, 0.3) is 10.9 Å². The summed E-state index contributed by atoms with van der Waals surface area (Å²) in [7, 11) is 0. The zero-order valence-electron chi connectivity index (χ0n) is 11.6. The molecule has 0 aliphatic heterocycles. The van der Waals surface area contributed by atoms with E-state index in [4.69, 9.17) is 10.5 Å². The molecule has 2 N–H and O–H groups in total. The van der Waals surface area contributed by atoms with Crippen LogP contribution in [0.3, 0.4) is 0 Å². The van der Waals surface area contributed by atoms with Gasteiger partial charge in [0.05, 0.1) is 12.1 Å². The average Bonchev–Trinajstić information content (AvgIpc) is 2.41. The summed E-state index contributed by atoms with van der Waals surface area (Å²) < 4.78 is 5.34. The minimum Gasteiger partial charge on any atom is -0.382 e. The number of aryl methyl sites for hydroxylation is 1. The summed E-state index contributed by atoms with van der Waals surface area (Å²) in [5, 5.41) is 1.08. The van der Waals surface area contributed by atoms with Crippen LogP contribution in [-0.4, -0.2) is 23.9 Å². The molecule has 4 heteroatoms. The van der Waals surface area contributed by atoms with Gasteiger partial charge >= 0.3 is 0 Å². The summed E-state index contributed by atoms with van der Waals surface area (Å²) in [6.45, 7) is 7.11. The maximum Gasteiger partial charge on any atom is 0.150 e. The maximum atomic E-state index is 6.01. The van der Waals surface area contributed by atoms with Crippen LogP contribution in [0.4, 0.5) is 11.5 Å². The third kappa shape index (κ3) is 2.90. The van der Waals surface area contributed by atoms with E-state index in [1.54, 1.807) is 0 Å². The number of hydrogen-bond donors (Lipinski definition) is 1. The fraction of sp³-hybridized carbons (Fsp3) is 0.333. The second-order valence-electron chi connectivity index (χ2n) is 4.47. The van der Waals surface area contributed by atoms with Crippen LogP contribution in [0.1, 0.15) is 19.4 Å². The molecule has 100 valence electrons. The van der Waals surface area contributed by atoms with Gasteiger partial charge in [-0.25, -0.2) is 4.98 Å². The van der Waals surface area contributed by atoms with Crippen LogP contribution >= 0.6 is 0 Å². The number of hydrogen-bond acceptors (Lipinski definition) is 4. The van der Waals surface area contributed by atoms with Crippen molar-refractivity contribution in [3.8, 4) is 0 Å². The number of aromatic nitrogens is 1.